The van der Waals surface area contributed by atoms with Crippen molar-refractivity contribution in [3.05, 3.63) is 0 Å². The van der Waals surface area contributed by atoms with E-state index < -0.39 is 11.4 Å². The van der Waals surface area contributed by atoms with Gasteiger partial charge in [0.15, 0.2) is 0 Å². The van der Waals surface area contributed by atoms with Crippen LogP contribution in [-0.2, 0) is 4.79 Å². The van der Waals surface area contributed by atoms with Gasteiger partial charge in [0, 0.05) is 6.42 Å². The zero-order chi connectivity index (χ0) is 10.4. The first-order valence-electron chi connectivity index (χ1n) is 5.45. The number of carboxylic acids is 1. The van der Waals surface area contributed by atoms with Crippen LogP contribution in [0.25, 0.3) is 0 Å². The van der Waals surface area contributed by atoms with Crippen molar-refractivity contribution in [3.8, 4) is 11.8 Å². The summed E-state index contributed by atoms with van der Waals surface area (Å²) in [5, 5.41) is 9.19. The maximum atomic E-state index is 11.2. The Morgan fingerprint density at radius 1 is 1.36 bits per heavy atom. The first-order chi connectivity index (χ1) is 6.71. The highest BCUT2D eigenvalue weighted by Crippen LogP contribution is 2.35. The third-order valence-electron chi connectivity index (χ3n) is 2.82. The predicted molar refractivity (Wildman–Crippen MR) is 55.8 cm³/mol. The summed E-state index contributed by atoms with van der Waals surface area (Å²) in [6.45, 7) is 2.06. The van der Waals surface area contributed by atoms with Gasteiger partial charge in [-0.15, -0.1) is 5.92 Å². The summed E-state index contributed by atoms with van der Waals surface area (Å²) in [7, 11) is 0. The van der Waals surface area contributed by atoms with Crippen molar-refractivity contribution in [1.29, 1.82) is 0 Å². The van der Waals surface area contributed by atoms with Crippen LogP contribution in [0, 0.1) is 17.3 Å². The summed E-state index contributed by atoms with van der Waals surface area (Å²) in [5.74, 6) is 5.26. The first-order valence-corrected chi connectivity index (χ1v) is 5.45. The first kappa shape index (κ1) is 11.1. The molecule has 2 heteroatoms. The van der Waals surface area contributed by atoms with E-state index in [0.29, 0.717) is 0 Å². The summed E-state index contributed by atoms with van der Waals surface area (Å²) in [6, 6.07) is 0. The summed E-state index contributed by atoms with van der Waals surface area (Å²) in [4.78, 5) is 11.2. The Bertz CT molecular complexity index is 251. The van der Waals surface area contributed by atoms with E-state index in [1.54, 1.807) is 0 Å². The van der Waals surface area contributed by atoms with Crippen molar-refractivity contribution in [2.45, 2.75) is 51.9 Å². The molecule has 0 unspecified atom stereocenters. The lowest BCUT2D eigenvalue weighted by Crippen LogP contribution is -2.31. The molecule has 14 heavy (non-hydrogen) atoms. The Morgan fingerprint density at radius 3 is 2.50 bits per heavy atom. The Hall–Kier alpha value is -0.970. The zero-order valence-corrected chi connectivity index (χ0v) is 8.81. The summed E-state index contributed by atoms with van der Waals surface area (Å²) in [6.07, 6.45) is 6.46. The minimum Gasteiger partial charge on any atom is -0.480 e. The van der Waals surface area contributed by atoms with Gasteiger partial charge in [-0.1, -0.05) is 32.1 Å². The lowest BCUT2D eigenvalue weighted by molar-refractivity contribution is -0.147. The zero-order valence-electron chi connectivity index (χ0n) is 8.81. The van der Waals surface area contributed by atoms with Crippen molar-refractivity contribution in [3.63, 3.8) is 0 Å². The van der Waals surface area contributed by atoms with Crippen LogP contribution in [0.5, 0.6) is 0 Å². The summed E-state index contributed by atoms with van der Waals surface area (Å²) < 4.78 is 0. The molecule has 0 aromatic heterocycles. The maximum Gasteiger partial charge on any atom is 0.321 e. The number of aliphatic carboxylic acids is 1. The van der Waals surface area contributed by atoms with Crippen LogP contribution in [0.15, 0.2) is 0 Å². The van der Waals surface area contributed by atoms with Crippen molar-refractivity contribution in [2.24, 2.45) is 5.41 Å². The molecule has 0 amide bonds. The fourth-order valence-electron chi connectivity index (χ4n) is 1.90. The molecule has 1 saturated carbocycles. The normalized spacial score (nSPS) is 19.5. The van der Waals surface area contributed by atoms with Gasteiger partial charge in [0.2, 0.25) is 0 Å². The van der Waals surface area contributed by atoms with Gasteiger partial charge in [0.25, 0.3) is 0 Å². The van der Waals surface area contributed by atoms with Crippen molar-refractivity contribution in [1.82, 2.24) is 0 Å². The molecule has 1 N–H and O–H groups in total. The van der Waals surface area contributed by atoms with Gasteiger partial charge in [0.05, 0.1) is 0 Å². The van der Waals surface area contributed by atoms with E-state index in [1.807, 2.05) is 0 Å². The second-order valence-corrected chi connectivity index (χ2v) is 4.00. The highest BCUT2D eigenvalue weighted by Gasteiger charge is 2.37. The van der Waals surface area contributed by atoms with Gasteiger partial charge in [0.1, 0.15) is 5.41 Å². The predicted octanol–water partition coefficient (Wildman–Crippen LogP) is 2.83. The molecule has 2 nitrogen and oxygen atoms in total. The maximum absolute atomic E-state index is 11.2. The lowest BCUT2D eigenvalue weighted by atomic mass is 9.74. The minimum atomic E-state index is -0.721. The Morgan fingerprint density at radius 2 is 2.00 bits per heavy atom. The molecule has 78 valence electrons. The molecule has 1 aliphatic carbocycles. The van der Waals surface area contributed by atoms with E-state index in [2.05, 4.69) is 18.8 Å². The fourth-order valence-corrected chi connectivity index (χ4v) is 1.90. The second kappa shape index (κ2) is 5.05. The van der Waals surface area contributed by atoms with Gasteiger partial charge in [-0.3, -0.25) is 4.79 Å². The molecule has 1 rings (SSSR count). The number of carbonyl (C=O) groups is 1. The highest BCUT2D eigenvalue weighted by atomic mass is 16.4. The molecule has 0 heterocycles. The molecule has 0 aromatic rings. The van der Waals surface area contributed by atoms with E-state index in [-0.39, 0.29) is 0 Å². The van der Waals surface area contributed by atoms with E-state index in [4.69, 9.17) is 0 Å². The van der Waals surface area contributed by atoms with Crippen molar-refractivity contribution >= 4 is 5.97 Å². The van der Waals surface area contributed by atoms with E-state index in [0.717, 1.165) is 44.9 Å². The molecular formula is C12H18O2. The molecule has 0 aliphatic heterocycles. The average molecular weight is 194 g/mol. The number of hydrogen-bond acceptors (Lipinski definition) is 1. The van der Waals surface area contributed by atoms with Crippen LogP contribution >= 0.6 is 0 Å². The SMILES string of the molecule is CCCC#CC1(C(=O)O)CCCCC1. The van der Waals surface area contributed by atoms with Gasteiger partial charge in [-0.25, -0.2) is 0 Å². The highest BCUT2D eigenvalue weighted by molar-refractivity contribution is 5.78. The fraction of sp³-hybridized carbons (Fsp3) is 0.750. The van der Waals surface area contributed by atoms with Gasteiger partial charge in [-0.05, 0) is 19.3 Å². The molecule has 0 radical (unpaired) electrons. The van der Waals surface area contributed by atoms with E-state index >= 15 is 0 Å². The number of hydrogen-bond donors (Lipinski definition) is 1. The Kier molecular flexibility index (Phi) is 4.00. The van der Waals surface area contributed by atoms with Gasteiger partial charge < -0.3 is 5.11 Å². The van der Waals surface area contributed by atoms with Crippen LogP contribution in [0.1, 0.15) is 51.9 Å². The number of unbranched alkanes of at least 4 members (excludes halogenated alkanes) is 1. The van der Waals surface area contributed by atoms with Crippen LogP contribution in [0.4, 0.5) is 0 Å². The number of rotatable bonds is 2. The monoisotopic (exact) mass is 194 g/mol. The molecule has 0 saturated heterocycles. The van der Waals surface area contributed by atoms with Crippen LogP contribution in [0.3, 0.4) is 0 Å². The van der Waals surface area contributed by atoms with Crippen LogP contribution < -0.4 is 0 Å². The molecule has 0 atom stereocenters. The molecule has 0 bridgehead atoms. The largest absolute Gasteiger partial charge is 0.480 e. The molecular weight excluding hydrogens is 176 g/mol. The standard InChI is InChI=1S/C12H18O2/c1-2-3-5-8-12(11(13)14)9-6-4-7-10-12/h2-4,6-7,9-10H2,1H3,(H,13,14). The number of carboxylic acid groups (broad SMARTS) is 1. The Labute approximate surface area is 85.7 Å². The topological polar surface area (TPSA) is 37.3 Å². The average Bonchev–Trinajstić information content (AvgIpc) is 2.19. The minimum absolute atomic E-state index is 0.715. The van der Waals surface area contributed by atoms with Gasteiger partial charge >= 0.3 is 5.97 Å². The van der Waals surface area contributed by atoms with Crippen molar-refractivity contribution in [2.75, 3.05) is 0 Å². The lowest BCUT2D eigenvalue weighted by Gasteiger charge is -2.27. The van der Waals surface area contributed by atoms with Crippen LogP contribution in [-0.4, -0.2) is 11.1 Å². The Balaban J connectivity index is 2.72. The van der Waals surface area contributed by atoms with Crippen LogP contribution in [0.2, 0.25) is 0 Å². The summed E-state index contributed by atoms with van der Waals surface area (Å²) >= 11 is 0. The smallest absolute Gasteiger partial charge is 0.321 e. The molecule has 1 aliphatic rings. The molecule has 0 aromatic carbocycles. The van der Waals surface area contributed by atoms with E-state index in [1.165, 1.54) is 0 Å². The van der Waals surface area contributed by atoms with Gasteiger partial charge in [-0.2, -0.15) is 0 Å². The summed E-state index contributed by atoms with van der Waals surface area (Å²) in [5.41, 5.74) is -0.715. The third kappa shape index (κ3) is 2.51. The molecule has 1 fully saturated rings. The van der Waals surface area contributed by atoms with E-state index in [9.17, 15) is 9.90 Å². The van der Waals surface area contributed by atoms with Crippen molar-refractivity contribution < 1.29 is 9.90 Å². The third-order valence-corrected chi connectivity index (χ3v) is 2.82. The molecule has 0 spiro atoms. The quantitative estimate of drug-likeness (QED) is 0.686. The second-order valence-electron chi connectivity index (χ2n) is 4.00.